The van der Waals surface area contributed by atoms with E-state index in [0.29, 0.717) is 31.3 Å². The fraction of sp³-hybridized carbons (Fsp3) is 0.278. The van der Waals surface area contributed by atoms with E-state index in [4.69, 9.17) is 11.6 Å². The quantitative estimate of drug-likeness (QED) is 0.697. The van der Waals surface area contributed by atoms with E-state index < -0.39 is 5.56 Å². The summed E-state index contributed by atoms with van der Waals surface area (Å²) in [4.78, 5) is 27.1. The van der Waals surface area contributed by atoms with E-state index in [1.807, 2.05) is 17.2 Å². The lowest BCUT2D eigenvalue weighted by molar-refractivity contribution is 0.851. The zero-order chi connectivity index (χ0) is 18.8. The van der Waals surface area contributed by atoms with Gasteiger partial charge >= 0.3 is 0 Å². The van der Waals surface area contributed by atoms with E-state index in [2.05, 4.69) is 43.5 Å². The van der Waals surface area contributed by atoms with Gasteiger partial charge in [0.1, 0.15) is 5.02 Å². The van der Waals surface area contributed by atoms with Crippen molar-refractivity contribution in [1.82, 2.24) is 25.1 Å². The van der Waals surface area contributed by atoms with Crippen molar-refractivity contribution in [3.05, 3.63) is 68.6 Å². The topological polar surface area (TPSA) is 99.7 Å². The third-order valence-corrected chi connectivity index (χ3v) is 4.90. The molecule has 0 fully saturated rings. The lowest BCUT2D eigenvalue weighted by Gasteiger charge is -2.17. The van der Waals surface area contributed by atoms with Crippen LogP contribution in [-0.2, 0) is 26.1 Å². The van der Waals surface area contributed by atoms with Crippen molar-refractivity contribution in [3.8, 4) is 0 Å². The monoisotopic (exact) mass is 383 g/mol. The molecule has 0 unspecified atom stereocenters. The SMILES string of the molecule is CCc1ncccc1CNc1ncc2c(n1)CN(c1cn[nH]c(=O)c1Cl)C2. The van der Waals surface area contributed by atoms with Crippen LogP contribution < -0.4 is 15.8 Å². The van der Waals surface area contributed by atoms with Gasteiger partial charge in [0.05, 0.1) is 24.1 Å². The van der Waals surface area contributed by atoms with Crippen LogP contribution in [0.5, 0.6) is 0 Å². The molecule has 3 aromatic heterocycles. The number of nitrogens with zero attached hydrogens (tertiary/aromatic N) is 5. The number of pyridine rings is 1. The number of anilines is 2. The molecule has 4 rings (SSSR count). The van der Waals surface area contributed by atoms with Crippen LogP contribution in [0.1, 0.15) is 29.4 Å². The zero-order valence-corrected chi connectivity index (χ0v) is 15.5. The summed E-state index contributed by atoms with van der Waals surface area (Å²) >= 11 is 6.11. The van der Waals surface area contributed by atoms with Gasteiger partial charge < -0.3 is 10.2 Å². The molecule has 0 spiro atoms. The van der Waals surface area contributed by atoms with Crippen LogP contribution in [0, 0.1) is 0 Å². The molecule has 0 saturated carbocycles. The molecule has 0 saturated heterocycles. The second-order valence-electron chi connectivity index (χ2n) is 6.24. The highest BCUT2D eigenvalue weighted by atomic mass is 35.5. The largest absolute Gasteiger partial charge is 0.358 e. The number of nitrogens with one attached hydrogen (secondary N) is 2. The van der Waals surface area contributed by atoms with Crippen molar-refractivity contribution in [1.29, 1.82) is 0 Å². The molecule has 3 aromatic rings. The van der Waals surface area contributed by atoms with Crippen molar-refractivity contribution in [2.75, 3.05) is 10.2 Å². The van der Waals surface area contributed by atoms with E-state index in [0.717, 1.165) is 28.9 Å². The van der Waals surface area contributed by atoms with Crippen molar-refractivity contribution in [2.24, 2.45) is 0 Å². The number of hydrogen-bond donors (Lipinski definition) is 2. The molecule has 4 heterocycles. The average molecular weight is 384 g/mol. The molecule has 0 aliphatic carbocycles. The summed E-state index contributed by atoms with van der Waals surface area (Å²) in [7, 11) is 0. The average Bonchev–Trinajstić information content (AvgIpc) is 3.11. The van der Waals surface area contributed by atoms with Crippen LogP contribution in [0.25, 0.3) is 0 Å². The molecule has 1 aliphatic heterocycles. The van der Waals surface area contributed by atoms with Crippen LogP contribution in [0.4, 0.5) is 11.6 Å². The molecule has 0 aromatic carbocycles. The Bertz CT molecular complexity index is 1040. The number of rotatable bonds is 5. The molecule has 1 aliphatic rings. The summed E-state index contributed by atoms with van der Waals surface area (Å²) in [6.45, 7) is 3.83. The first-order chi connectivity index (χ1) is 13.2. The van der Waals surface area contributed by atoms with Gasteiger partial charge in [-0.15, -0.1) is 0 Å². The molecule has 8 nitrogen and oxygen atoms in total. The summed E-state index contributed by atoms with van der Waals surface area (Å²) in [5.74, 6) is 0.566. The van der Waals surface area contributed by atoms with Gasteiger partial charge in [-0.05, 0) is 18.1 Å². The molecule has 0 atom stereocenters. The maximum Gasteiger partial charge on any atom is 0.285 e. The van der Waals surface area contributed by atoms with E-state index in [-0.39, 0.29) is 5.02 Å². The number of aromatic nitrogens is 5. The van der Waals surface area contributed by atoms with Crippen molar-refractivity contribution < 1.29 is 0 Å². The Balaban J connectivity index is 1.50. The van der Waals surface area contributed by atoms with E-state index in [9.17, 15) is 4.79 Å². The summed E-state index contributed by atoms with van der Waals surface area (Å²) in [5.41, 5.74) is 4.30. The Morgan fingerprint density at radius 3 is 3.04 bits per heavy atom. The van der Waals surface area contributed by atoms with E-state index in [1.165, 1.54) is 0 Å². The van der Waals surface area contributed by atoms with Gasteiger partial charge in [-0.1, -0.05) is 24.6 Å². The van der Waals surface area contributed by atoms with Gasteiger partial charge in [0, 0.05) is 36.7 Å². The third kappa shape index (κ3) is 3.48. The smallest absolute Gasteiger partial charge is 0.285 e. The number of hydrogen-bond acceptors (Lipinski definition) is 7. The lowest BCUT2D eigenvalue weighted by atomic mass is 10.1. The second kappa shape index (κ2) is 7.32. The van der Waals surface area contributed by atoms with Crippen LogP contribution in [0.3, 0.4) is 0 Å². The number of halogens is 1. The number of H-pyrrole nitrogens is 1. The van der Waals surface area contributed by atoms with Crippen LogP contribution in [-0.4, -0.2) is 25.1 Å². The zero-order valence-electron chi connectivity index (χ0n) is 14.7. The highest BCUT2D eigenvalue weighted by Crippen LogP contribution is 2.30. The Morgan fingerprint density at radius 1 is 1.30 bits per heavy atom. The minimum atomic E-state index is -0.401. The number of aromatic amines is 1. The Morgan fingerprint density at radius 2 is 2.19 bits per heavy atom. The van der Waals surface area contributed by atoms with Gasteiger partial charge in [0.2, 0.25) is 5.95 Å². The minimum absolute atomic E-state index is 0.132. The normalized spacial score (nSPS) is 12.9. The first-order valence-electron chi connectivity index (χ1n) is 8.65. The maximum atomic E-state index is 11.7. The predicted octanol–water partition coefficient (Wildman–Crippen LogP) is 2.30. The van der Waals surface area contributed by atoms with Crippen LogP contribution in [0.15, 0.2) is 35.5 Å². The van der Waals surface area contributed by atoms with Crippen molar-refractivity contribution in [3.63, 3.8) is 0 Å². The predicted molar refractivity (Wildman–Crippen MR) is 103 cm³/mol. The van der Waals surface area contributed by atoms with Crippen molar-refractivity contribution >= 4 is 23.2 Å². The summed E-state index contributed by atoms with van der Waals surface area (Å²) in [5, 5.41) is 9.56. The number of fused-ring (bicyclic) bond motifs is 1. The molecule has 2 N–H and O–H groups in total. The first kappa shape index (κ1) is 17.4. The maximum absolute atomic E-state index is 11.7. The molecular formula is C18H18ClN7O. The minimum Gasteiger partial charge on any atom is -0.358 e. The Labute approximate surface area is 160 Å². The summed E-state index contributed by atoms with van der Waals surface area (Å²) < 4.78 is 0. The molecule has 27 heavy (non-hydrogen) atoms. The summed E-state index contributed by atoms with van der Waals surface area (Å²) in [6.07, 6.45) is 6.04. The molecule has 9 heteroatoms. The van der Waals surface area contributed by atoms with Crippen molar-refractivity contribution in [2.45, 2.75) is 33.0 Å². The van der Waals surface area contributed by atoms with Gasteiger partial charge in [0.25, 0.3) is 5.56 Å². The standard InChI is InChI=1S/C18H18ClN7O/c1-2-13-11(4-3-5-20-13)6-21-18-22-7-12-9-26(10-14(12)24-18)15-8-23-25-17(27)16(15)19/h3-5,7-8H,2,6,9-10H2,1H3,(H,25,27)(H,21,22,24). The molecule has 0 bridgehead atoms. The van der Waals surface area contributed by atoms with Gasteiger partial charge in [-0.25, -0.2) is 15.1 Å². The van der Waals surface area contributed by atoms with E-state index >= 15 is 0 Å². The highest BCUT2D eigenvalue weighted by molar-refractivity contribution is 6.33. The first-order valence-corrected chi connectivity index (χ1v) is 9.03. The fourth-order valence-electron chi connectivity index (χ4n) is 3.13. The van der Waals surface area contributed by atoms with Gasteiger partial charge in [-0.3, -0.25) is 9.78 Å². The van der Waals surface area contributed by atoms with Crippen LogP contribution in [0.2, 0.25) is 5.02 Å². The fourth-order valence-corrected chi connectivity index (χ4v) is 3.34. The Kier molecular flexibility index (Phi) is 4.72. The van der Waals surface area contributed by atoms with Gasteiger partial charge in [0.15, 0.2) is 0 Å². The Hall–Kier alpha value is -3.00. The summed E-state index contributed by atoms with van der Waals surface area (Å²) in [6, 6.07) is 3.98. The second-order valence-corrected chi connectivity index (χ2v) is 6.61. The third-order valence-electron chi connectivity index (χ3n) is 4.53. The number of aryl methyl sites for hydroxylation is 1. The van der Waals surface area contributed by atoms with Gasteiger partial charge in [-0.2, -0.15) is 5.10 Å². The lowest BCUT2D eigenvalue weighted by Crippen LogP contribution is -2.20. The molecule has 0 radical (unpaired) electrons. The highest BCUT2D eigenvalue weighted by Gasteiger charge is 2.24. The van der Waals surface area contributed by atoms with Crippen LogP contribution >= 0.6 is 11.6 Å². The molecule has 0 amide bonds. The molecular weight excluding hydrogens is 366 g/mol. The molecule has 138 valence electrons. The van der Waals surface area contributed by atoms with E-state index in [1.54, 1.807) is 12.4 Å².